The van der Waals surface area contributed by atoms with Gasteiger partial charge in [-0.25, -0.2) is 17.6 Å². The molecule has 0 aliphatic heterocycles. The Kier molecular flexibility index (Phi) is 5.91. The number of aryl methyl sites for hydroxylation is 3. The second-order valence-corrected chi connectivity index (χ2v) is 5.96. The van der Waals surface area contributed by atoms with Gasteiger partial charge >= 0.3 is 0 Å². The molecular formula is C14H20N2O3S. The predicted octanol–water partition coefficient (Wildman–Crippen LogP) is 1.62. The van der Waals surface area contributed by atoms with Crippen LogP contribution in [-0.2, 0) is 23.7 Å². The van der Waals surface area contributed by atoms with Crippen molar-refractivity contribution >= 4 is 10.1 Å². The van der Waals surface area contributed by atoms with E-state index in [1.807, 2.05) is 14.0 Å². The van der Waals surface area contributed by atoms with Gasteiger partial charge in [0.1, 0.15) is 22.5 Å². The highest BCUT2D eigenvalue weighted by atomic mass is 32.2. The van der Waals surface area contributed by atoms with Crippen LogP contribution in [0.5, 0.6) is 0 Å². The lowest BCUT2D eigenvalue weighted by atomic mass is 10.2. The molecule has 2 aromatic rings. The molecule has 0 aliphatic rings. The molecule has 0 fully saturated rings. The van der Waals surface area contributed by atoms with E-state index in [9.17, 15) is 13.0 Å². The molecule has 0 saturated heterocycles. The standard InChI is InChI=1S/C7H13N2.C7H8O3S/c1-3-4-9-6-5-8(2)7-9;1-6-2-4-7(5-3-6)11(8,9)10/h5-7H,3-4H2,1-2H3;2-5H,1H3,(H,8,9,10)/q+1;/p-1. The zero-order valence-electron chi connectivity index (χ0n) is 12.0. The quantitative estimate of drug-likeness (QED) is 0.638. The fourth-order valence-electron chi connectivity index (χ4n) is 1.60. The molecule has 1 aromatic heterocycles. The summed E-state index contributed by atoms with van der Waals surface area (Å²) in [5.41, 5.74) is 0.928. The highest BCUT2D eigenvalue weighted by Gasteiger charge is 1.97. The van der Waals surface area contributed by atoms with Crippen LogP contribution in [0.4, 0.5) is 0 Å². The van der Waals surface area contributed by atoms with Crippen molar-refractivity contribution in [1.29, 1.82) is 0 Å². The summed E-state index contributed by atoms with van der Waals surface area (Å²) in [6.07, 6.45) is 7.43. The van der Waals surface area contributed by atoms with E-state index in [-0.39, 0.29) is 4.90 Å². The van der Waals surface area contributed by atoms with Crippen LogP contribution in [0, 0.1) is 6.92 Å². The van der Waals surface area contributed by atoms with Crippen LogP contribution >= 0.6 is 0 Å². The number of nitrogens with zero attached hydrogens (tertiary/aromatic N) is 2. The van der Waals surface area contributed by atoms with Gasteiger partial charge < -0.3 is 4.55 Å². The molecule has 0 amide bonds. The van der Waals surface area contributed by atoms with Gasteiger partial charge in [-0.15, -0.1) is 0 Å². The van der Waals surface area contributed by atoms with Crippen molar-refractivity contribution in [2.24, 2.45) is 7.05 Å². The molecule has 1 heterocycles. The van der Waals surface area contributed by atoms with Crippen LogP contribution in [0.1, 0.15) is 18.9 Å². The smallest absolute Gasteiger partial charge is 0.243 e. The van der Waals surface area contributed by atoms with E-state index >= 15 is 0 Å². The van der Waals surface area contributed by atoms with Crippen LogP contribution in [0.3, 0.4) is 0 Å². The zero-order chi connectivity index (χ0) is 15.2. The van der Waals surface area contributed by atoms with E-state index in [1.54, 1.807) is 12.1 Å². The van der Waals surface area contributed by atoms with E-state index in [2.05, 4.69) is 34.8 Å². The fourth-order valence-corrected chi connectivity index (χ4v) is 2.07. The lowest BCUT2D eigenvalue weighted by Crippen LogP contribution is -2.23. The van der Waals surface area contributed by atoms with Crippen LogP contribution in [0.15, 0.2) is 47.9 Å². The zero-order valence-corrected chi connectivity index (χ0v) is 12.8. The summed E-state index contributed by atoms with van der Waals surface area (Å²) in [5, 5.41) is 0. The maximum Gasteiger partial charge on any atom is 0.243 e. The summed E-state index contributed by atoms with van der Waals surface area (Å²) >= 11 is 0. The van der Waals surface area contributed by atoms with Crippen LogP contribution in [-0.4, -0.2) is 17.5 Å². The Morgan fingerprint density at radius 3 is 2.25 bits per heavy atom. The second kappa shape index (κ2) is 7.21. The first kappa shape index (κ1) is 16.4. The molecule has 6 heteroatoms. The first-order valence-electron chi connectivity index (χ1n) is 6.36. The number of aromatic nitrogens is 2. The molecule has 110 valence electrons. The maximum atomic E-state index is 10.4. The van der Waals surface area contributed by atoms with E-state index in [1.165, 1.54) is 18.6 Å². The Bertz CT molecular complexity index is 631. The SMILES string of the molecule is CCCn1cc[n+](C)c1.Cc1ccc(S(=O)(=O)[O-])cc1. The Hall–Kier alpha value is -1.66. The van der Waals surface area contributed by atoms with Crippen LogP contribution in [0.2, 0.25) is 0 Å². The lowest BCUT2D eigenvalue weighted by molar-refractivity contribution is -0.671. The van der Waals surface area contributed by atoms with Gasteiger partial charge in [-0.05, 0) is 25.5 Å². The highest BCUT2D eigenvalue weighted by molar-refractivity contribution is 7.85. The van der Waals surface area contributed by atoms with Gasteiger partial charge in [0.05, 0.1) is 18.5 Å². The first-order chi connectivity index (χ1) is 9.32. The molecule has 0 aliphatic carbocycles. The minimum atomic E-state index is -4.27. The van der Waals surface area contributed by atoms with E-state index in [0.717, 1.165) is 12.1 Å². The minimum Gasteiger partial charge on any atom is -0.744 e. The van der Waals surface area contributed by atoms with Gasteiger partial charge in [0.25, 0.3) is 0 Å². The summed E-state index contributed by atoms with van der Waals surface area (Å²) in [4.78, 5) is -0.178. The second-order valence-electron chi connectivity index (χ2n) is 4.58. The number of rotatable bonds is 3. The first-order valence-corrected chi connectivity index (χ1v) is 7.77. The average Bonchev–Trinajstić information content (AvgIpc) is 2.76. The van der Waals surface area contributed by atoms with Crippen molar-refractivity contribution in [1.82, 2.24) is 4.57 Å². The maximum absolute atomic E-state index is 10.4. The predicted molar refractivity (Wildman–Crippen MR) is 75.0 cm³/mol. The fraction of sp³-hybridized carbons (Fsp3) is 0.357. The molecule has 20 heavy (non-hydrogen) atoms. The van der Waals surface area contributed by atoms with E-state index in [4.69, 9.17) is 0 Å². The summed E-state index contributed by atoms with van der Waals surface area (Å²) in [7, 11) is -2.24. The number of hydrogen-bond donors (Lipinski definition) is 0. The van der Waals surface area contributed by atoms with Crippen molar-refractivity contribution in [3.8, 4) is 0 Å². The van der Waals surface area contributed by atoms with Crippen molar-refractivity contribution < 1.29 is 17.5 Å². The van der Waals surface area contributed by atoms with Crippen LogP contribution < -0.4 is 4.57 Å². The van der Waals surface area contributed by atoms with Crippen molar-refractivity contribution in [3.63, 3.8) is 0 Å². The monoisotopic (exact) mass is 296 g/mol. The number of benzene rings is 1. The molecule has 0 saturated carbocycles. The lowest BCUT2D eigenvalue weighted by Gasteiger charge is -2.05. The Morgan fingerprint density at radius 2 is 1.85 bits per heavy atom. The third-order valence-electron chi connectivity index (χ3n) is 2.62. The molecule has 0 spiro atoms. The third-order valence-corrected chi connectivity index (χ3v) is 3.46. The minimum absolute atomic E-state index is 0.178. The van der Waals surface area contributed by atoms with Crippen molar-refractivity contribution in [2.45, 2.75) is 31.7 Å². The van der Waals surface area contributed by atoms with E-state index < -0.39 is 10.1 Å². The molecule has 0 atom stereocenters. The molecule has 0 bridgehead atoms. The number of hydrogen-bond acceptors (Lipinski definition) is 3. The summed E-state index contributed by atoms with van der Waals surface area (Å²) in [5.74, 6) is 0. The topological polar surface area (TPSA) is 66.0 Å². The van der Waals surface area contributed by atoms with Gasteiger partial charge in [0, 0.05) is 0 Å². The Labute approximate surface area is 120 Å². The average molecular weight is 296 g/mol. The Morgan fingerprint density at radius 1 is 1.25 bits per heavy atom. The van der Waals surface area contributed by atoms with Gasteiger partial charge in [-0.3, -0.25) is 0 Å². The summed E-state index contributed by atoms with van der Waals surface area (Å²) in [6, 6.07) is 5.78. The van der Waals surface area contributed by atoms with Crippen LogP contribution in [0.25, 0.3) is 0 Å². The van der Waals surface area contributed by atoms with Gasteiger partial charge in [-0.2, -0.15) is 0 Å². The largest absolute Gasteiger partial charge is 0.744 e. The molecule has 5 nitrogen and oxygen atoms in total. The molecule has 0 unspecified atom stereocenters. The number of imidazole rings is 1. The Balaban J connectivity index is 0.000000204. The summed E-state index contributed by atoms with van der Waals surface area (Å²) in [6.45, 7) is 5.13. The van der Waals surface area contributed by atoms with Crippen molar-refractivity contribution in [3.05, 3.63) is 48.5 Å². The van der Waals surface area contributed by atoms with E-state index in [0.29, 0.717) is 0 Å². The molecule has 0 N–H and O–H groups in total. The highest BCUT2D eigenvalue weighted by Crippen LogP contribution is 2.08. The van der Waals surface area contributed by atoms with Gasteiger partial charge in [-0.1, -0.05) is 24.6 Å². The summed E-state index contributed by atoms with van der Waals surface area (Å²) < 4.78 is 35.4. The molecule has 2 rings (SSSR count). The molecule has 1 aromatic carbocycles. The molecule has 0 radical (unpaired) electrons. The molecular weight excluding hydrogens is 276 g/mol. The van der Waals surface area contributed by atoms with Gasteiger partial charge in [0.2, 0.25) is 6.33 Å². The van der Waals surface area contributed by atoms with Gasteiger partial charge in [0.15, 0.2) is 0 Å². The normalized spacial score (nSPS) is 10.8. The third kappa shape index (κ3) is 5.54. The van der Waals surface area contributed by atoms with Crippen molar-refractivity contribution in [2.75, 3.05) is 0 Å².